The van der Waals surface area contributed by atoms with Gasteiger partial charge >= 0.3 is 6.03 Å². The molecule has 0 aliphatic carbocycles. The van der Waals surface area contributed by atoms with Gasteiger partial charge in [0.05, 0.1) is 0 Å². The third kappa shape index (κ3) is 4.93. The molecule has 134 valence electrons. The first kappa shape index (κ1) is 17.7. The van der Waals surface area contributed by atoms with Gasteiger partial charge in [0, 0.05) is 30.2 Å². The van der Waals surface area contributed by atoms with Crippen LogP contribution < -0.4 is 22.1 Å². The molecule has 27 heavy (non-hydrogen) atoms. The molecule has 3 aromatic rings. The number of anilines is 3. The zero-order valence-electron chi connectivity index (χ0n) is 14.3. The Morgan fingerprint density at radius 3 is 2.63 bits per heavy atom. The summed E-state index contributed by atoms with van der Waals surface area (Å²) in [5.41, 5.74) is 14.1. The lowest BCUT2D eigenvalue weighted by atomic mass is 10.2. The molecule has 1 aromatic carbocycles. The summed E-state index contributed by atoms with van der Waals surface area (Å²) in [4.78, 5) is 23.8. The van der Waals surface area contributed by atoms with Gasteiger partial charge in [0.2, 0.25) is 0 Å². The second-order valence-corrected chi connectivity index (χ2v) is 5.52. The van der Waals surface area contributed by atoms with E-state index < -0.39 is 0 Å². The Labute approximate surface area is 156 Å². The molecule has 2 amide bonds. The van der Waals surface area contributed by atoms with E-state index >= 15 is 0 Å². The molecule has 0 atom stereocenters. The highest BCUT2D eigenvalue weighted by Gasteiger charge is 2.04. The molecule has 0 radical (unpaired) electrons. The van der Waals surface area contributed by atoms with Crippen molar-refractivity contribution < 1.29 is 4.79 Å². The summed E-state index contributed by atoms with van der Waals surface area (Å²) in [7, 11) is 0. The number of hydrogen-bond acceptors (Lipinski definition) is 6. The van der Waals surface area contributed by atoms with Crippen LogP contribution in [0.2, 0.25) is 0 Å². The fourth-order valence-electron chi connectivity index (χ4n) is 2.21. The average molecular weight is 359 g/mol. The number of nitrogens with zero attached hydrogens (tertiary/aromatic N) is 3. The average Bonchev–Trinajstić information content (AvgIpc) is 2.67. The molecule has 2 heterocycles. The Balaban J connectivity index is 1.66. The number of pyridine rings is 1. The molecule has 0 saturated carbocycles. The number of aromatic nitrogens is 3. The quantitative estimate of drug-likeness (QED) is 0.527. The Kier molecular flexibility index (Phi) is 5.45. The van der Waals surface area contributed by atoms with Crippen LogP contribution in [0.15, 0.2) is 55.1 Å². The SMILES string of the molecule is Nc1ncnc(N)c1C#Cc1cccc(NC(=O)NCc2cccnc2)c1. The van der Waals surface area contributed by atoms with Gasteiger partial charge in [-0.3, -0.25) is 4.98 Å². The number of hydrogen-bond donors (Lipinski definition) is 4. The summed E-state index contributed by atoms with van der Waals surface area (Å²) >= 11 is 0. The van der Waals surface area contributed by atoms with Crippen molar-refractivity contribution in [2.75, 3.05) is 16.8 Å². The molecule has 8 heteroatoms. The van der Waals surface area contributed by atoms with E-state index in [-0.39, 0.29) is 17.7 Å². The van der Waals surface area contributed by atoms with Crippen LogP contribution >= 0.6 is 0 Å². The van der Waals surface area contributed by atoms with Crippen molar-refractivity contribution in [1.82, 2.24) is 20.3 Å². The number of urea groups is 1. The molecule has 2 aromatic heterocycles. The predicted molar refractivity (Wildman–Crippen MR) is 103 cm³/mol. The van der Waals surface area contributed by atoms with E-state index in [0.29, 0.717) is 23.4 Å². The zero-order chi connectivity index (χ0) is 19.1. The number of amides is 2. The van der Waals surface area contributed by atoms with E-state index in [9.17, 15) is 4.79 Å². The molecule has 0 bridgehead atoms. The monoisotopic (exact) mass is 359 g/mol. The Hall–Kier alpha value is -4.12. The molecular weight excluding hydrogens is 342 g/mol. The molecular formula is C19H17N7O. The van der Waals surface area contributed by atoms with Crippen molar-refractivity contribution >= 4 is 23.4 Å². The van der Waals surface area contributed by atoms with E-state index in [1.165, 1.54) is 6.33 Å². The van der Waals surface area contributed by atoms with Crippen LogP contribution in [0.4, 0.5) is 22.1 Å². The van der Waals surface area contributed by atoms with Crippen LogP contribution in [0.1, 0.15) is 16.7 Å². The van der Waals surface area contributed by atoms with Crippen molar-refractivity contribution in [1.29, 1.82) is 0 Å². The topological polar surface area (TPSA) is 132 Å². The number of carbonyl (C=O) groups is 1. The van der Waals surface area contributed by atoms with Gasteiger partial charge in [-0.05, 0) is 29.8 Å². The summed E-state index contributed by atoms with van der Waals surface area (Å²) in [6.45, 7) is 0.381. The fourth-order valence-corrected chi connectivity index (χ4v) is 2.21. The van der Waals surface area contributed by atoms with Gasteiger partial charge in [0.1, 0.15) is 23.5 Å². The van der Waals surface area contributed by atoms with Gasteiger partial charge in [0.15, 0.2) is 0 Å². The normalized spacial score (nSPS) is 9.78. The van der Waals surface area contributed by atoms with Crippen LogP contribution in [-0.4, -0.2) is 21.0 Å². The predicted octanol–water partition coefficient (Wildman–Crippen LogP) is 1.76. The number of rotatable bonds is 3. The number of nitrogens with one attached hydrogen (secondary N) is 2. The van der Waals surface area contributed by atoms with Crippen molar-refractivity contribution in [2.24, 2.45) is 0 Å². The maximum absolute atomic E-state index is 12.0. The maximum atomic E-state index is 12.0. The molecule has 0 unspecified atom stereocenters. The standard InChI is InChI=1S/C19H17N7O/c20-17-16(18(21)25-12-24-17)7-6-13-3-1-5-15(9-13)26-19(27)23-11-14-4-2-8-22-10-14/h1-5,8-10,12H,11H2,(H2,23,26,27)(H4,20,21,24,25). The number of nitrogens with two attached hydrogens (primary N) is 2. The van der Waals surface area contributed by atoms with Gasteiger partial charge in [-0.2, -0.15) is 0 Å². The molecule has 0 fully saturated rings. The first-order valence-corrected chi connectivity index (χ1v) is 8.03. The summed E-state index contributed by atoms with van der Waals surface area (Å²) in [5, 5.41) is 5.53. The third-order valence-electron chi connectivity index (χ3n) is 3.53. The lowest BCUT2D eigenvalue weighted by Gasteiger charge is -2.07. The van der Waals surface area contributed by atoms with Crippen LogP contribution in [-0.2, 0) is 6.54 Å². The largest absolute Gasteiger partial charge is 0.382 e. The van der Waals surface area contributed by atoms with E-state index in [4.69, 9.17) is 11.5 Å². The van der Waals surface area contributed by atoms with Gasteiger partial charge in [-0.15, -0.1) is 0 Å². The third-order valence-corrected chi connectivity index (χ3v) is 3.53. The highest BCUT2D eigenvalue weighted by Crippen LogP contribution is 2.13. The van der Waals surface area contributed by atoms with Gasteiger partial charge in [-0.25, -0.2) is 14.8 Å². The number of benzene rings is 1. The maximum Gasteiger partial charge on any atom is 0.319 e. The minimum absolute atomic E-state index is 0.221. The molecule has 8 nitrogen and oxygen atoms in total. The highest BCUT2D eigenvalue weighted by atomic mass is 16.2. The van der Waals surface area contributed by atoms with Crippen LogP contribution in [0, 0.1) is 11.8 Å². The smallest absolute Gasteiger partial charge is 0.319 e. The van der Waals surface area contributed by atoms with Crippen LogP contribution in [0.3, 0.4) is 0 Å². The summed E-state index contributed by atoms with van der Waals surface area (Å²) < 4.78 is 0. The van der Waals surface area contributed by atoms with E-state index in [1.54, 1.807) is 30.6 Å². The number of nitrogen functional groups attached to an aromatic ring is 2. The van der Waals surface area contributed by atoms with Crippen molar-refractivity contribution in [2.45, 2.75) is 6.54 Å². The summed E-state index contributed by atoms with van der Waals surface area (Å²) in [6.07, 6.45) is 4.66. The Morgan fingerprint density at radius 1 is 1.07 bits per heavy atom. The van der Waals surface area contributed by atoms with Crippen molar-refractivity contribution in [3.05, 3.63) is 71.8 Å². The second kappa shape index (κ2) is 8.31. The molecule has 6 N–H and O–H groups in total. The lowest BCUT2D eigenvalue weighted by molar-refractivity contribution is 0.251. The van der Waals surface area contributed by atoms with Gasteiger partial charge in [-0.1, -0.05) is 24.0 Å². The molecule has 3 rings (SSSR count). The Bertz CT molecular complexity index is 989. The van der Waals surface area contributed by atoms with Gasteiger partial charge in [0.25, 0.3) is 0 Å². The van der Waals surface area contributed by atoms with Crippen LogP contribution in [0.25, 0.3) is 0 Å². The fraction of sp³-hybridized carbons (Fsp3) is 0.0526. The number of carbonyl (C=O) groups excluding carboxylic acids is 1. The molecule has 0 aliphatic heterocycles. The minimum atomic E-state index is -0.325. The molecule has 0 saturated heterocycles. The minimum Gasteiger partial charge on any atom is -0.382 e. The molecule has 0 spiro atoms. The van der Waals surface area contributed by atoms with Gasteiger partial charge < -0.3 is 22.1 Å². The van der Waals surface area contributed by atoms with Crippen LogP contribution in [0.5, 0.6) is 0 Å². The summed E-state index contributed by atoms with van der Waals surface area (Å²) in [6, 6.07) is 10.5. The Morgan fingerprint density at radius 2 is 1.89 bits per heavy atom. The first-order chi connectivity index (χ1) is 13.1. The first-order valence-electron chi connectivity index (χ1n) is 8.03. The lowest BCUT2D eigenvalue weighted by Crippen LogP contribution is -2.28. The van der Waals surface area contributed by atoms with Crippen molar-refractivity contribution in [3.8, 4) is 11.8 Å². The zero-order valence-corrected chi connectivity index (χ0v) is 14.3. The molecule has 0 aliphatic rings. The highest BCUT2D eigenvalue weighted by molar-refractivity contribution is 5.89. The van der Waals surface area contributed by atoms with E-state index in [0.717, 1.165) is 5.56 Å². The van der Waals surface area contributed by atoms with E-state index in [2.05, 4.69) is 37.4 Å². The van der Waals surface area contributed by atoms with E-state index in [1.807, 2.05) is 18.2 Å². The summed E-state index contributed by atoms with van der Waals surface area (Å²) in [5.74, 6) is 6.25. The van der Waals surface area contributed by atoms with Crippen molar-refractivity contribution in [3.63, 3.8) is 0 Å². The second-order valence-electron chi connectivity index (χ2n) is 5.52.